The first-order valence-corrected chi connectivity index (χ1v) is 11.8. The first kappa shape index (κ1) is 22.8. The number of rotatable bonds is 9. The van der Waals surface area contributed by atoms with Crippen LogP contribution in [-0.2, 0) is 13.1 Å². The summed E-state index contributed by atoms with van der Waals surface area (Å²) < 4.78 is 5.92. The molecule has 6 heteroatoms. The monoisotopic (exact) mass is 436 g/mol. The molecule has 1 atom stereocenters. The van der Waals surface area contributed by atoms with Crippen LogP contribution in [0.2, 0.25) is 0 Å². The van der Waals surface area contributed by atoms with E-state index in [4.69, 9.17) is 9.72 Å². The van der Waals surface area contributed by atoms with E-state index in [0.717, 1.165) is 48.8 Å². The number of hydrogen-bond acceptors (Lipinski definition) is 5. The second kappa shape index (κ2) is 10.9. The van der Waals surface area contributed by atoms with Gasteiger partial charge < -0.3 is 19.7 Å². The Labute approximate surface area is 191 Å². The molecule has 2 heterocycles. The molecule has 0 bridgehead atoms. The topological polar surface area (TPSA) is 64.6 Å². The third-order valence-corrected chi connectivity index (χ3v) is 6.14. The van der Waals surface area contributed by atoms with Crippen LogP contribution in [0.1, 0.15) is 42.6 Å². The number of fused-ring (bicyclic) bond motifs is 1. The summed E-state index contributed by atoms with van der Waals surface area (Å²) in [4.78, 5) is 12.8. The van der Waals surface area contributed by atoms with Crippen molar-refractivity contribution in [2.75, 3.05) is 33.3 Å². The van der Waals surface area contributed by atoms with Crippen LogP contribution in [-0.4, -0.2) is 64.3 Å². The lowest BCUT2D eigenvalue weighted by Crippen LogP contribution is -2.36. The standard InChI is InChI=1S/C26H36N4O2/c1-20-9-7-12-24-26(20)28-25(27-24)18-29(2)16-21-10-8-11-23(15-21)32-19-22(31)17-30-13-5-3-4-6-14-30/h7-12,15,22,31H,3-6,13-14,16-19H2,1-2H3,(H,27,28). The second-order valence-corrected chi connectivity index (χ2v) is 9.15. The smallest absolute Gasteiger partial charge is 0.121 e. The van der Waals surface area contributed by atoms with Crippen LogP contribution in [0.5, 0.6) is 5.75 Å². The summed E-state index contributed by atoms with van der Waals surface area (Å²) in [6, 6.07) is 14.4. The largest absolute Gasteiger partial charge is 0.491 e. The summed E-state index contributed by atoms with van der Waals surface area (Å²) in [7, 11) is 2.10. The molecular formula is C26H36N4O2. The molecule has 1 saturated heterocycles. The predicted molar refractivity (Wildman–Crippen MR) is 129 cm³/mol. The molecule has 0 radical (unpaired) electrons. The van der Waals surface area contributed by atoms with E-state index in [-0.39, 0.29) is 0 Å². The summed E-state index contributed by atoms with van der Waals surface area (Å²) in [5.41, 5.74) is 4.50. The van der Waals surface area contributed by atoms with E-state index in [1.165, 1.54) is 36.8 Å². The lowest BCUT2D eigenvalue weighted by molar-refractivity contribution is 0.0693. The average Bonchev–Trinajstić information content (AvgIpc) is 3.01. The zero-order chi connectivity index (χ0) is 22.3. The first-order valence-electron chi connectivity index (χ1n) is 11.8. The maximum Gasteiger partial charge on any atom is 0.121 e. The van der Waals surface area contributed by atoms with E-state index < -0.39 is 6.10 Å². The molecule has 1 aliphatic heterocycles. The summed E-state index contributed by atoms with van der Waals surface area (Å²) in [5.74, 6) is 1.78. The van der Waals surface area contributed by atoms with Gasteiger partial charge in [0.15, 0.2) is 0 Å². The molecular weight excluding hydrogens is 400 g/mol. The quantitative estimate of drug-likeness (QED) is 0.528. The minimum atomic E-state index is -0.462. The van der Waals surface area contributed by atoms with Crippen molar-refractivity contribution in [1.29, 1.82) is 0 Å². The van der Waals surface area contributed by atoms with Gasteiger partial charge in [-0.15, -0.1) is 0 Å². The molecule has 2 aromatic carbocycles. The van der Waals surface area contributed by atoms with Crippen molar-refractivity contribution in [2.45, 2.75) is 51.8 Å². The fourth-order valence-electron chi connectivity index (χ4n) is 4.52. The van der Waals surface area contributed by atoms with Crippen molar-refractivity contribution in [2.24, 2.45) is 0 Å². The molecule has 32 heavy (non-hydrogen) atoms. The van der Waals surface area contributed by atoms with Gasteiger partial charge in [-0.25, -0.2) is 4.98 Å². The SMILES string of the molecule is Cc1cccc2[nH]c(CN(C)Cc3cccc(OCC(O)CN4CCCCCC4)c3)nc12. The highest BCUT2D eigenvalue weighted by molar-refractivity contribution is 5.78. The van der Waals surface area contributed by atoms with Gasteiger partial charge in [0.1, 0.15) is 24.3 Å². The molecule has 172 valence electrons. The maximum atomic E-state index is 10.4. The van der Waals surface area contributed by atoms with Gasteiger partial charge in [0.05, 0.1) is 17.6 Å². The zero-order valence-corrected chi connectivity index (χ0v) is 19.4. The number of aryl methyl sites for hydroxylation is 1. The number of aromatic amines is 1. The normalized spacial score (nSPS) is 16.4. The number of nitrogens with one attached hydrogen (secondary N) is 1. The Kier molecular flexibility index (Phi) is 7.79. The van der Waals surface area contributed by atoms with Crippen molar-refractivity contribution >= 4 is 11.0 Å². The van der Waals surface area contributed by atoms with Crippen LogP contribution < -0.4 is 4.74 Å². The fourth-order valence-corrected chi connectivity index (χ4v) is 4.52. The molecule has 0 saturated carbocycles. The molecule has 1 unspecified atom stereocenters. The van der Waals surface area contributed by atoms with Gasteiger partial charge in [0.2, 0.25) is 0 Å². The van der Waals surface area contributed by atoms with Gasteiger partial charge in [0, 0.05) is 13.1 Å². The van der Waals surface area contributed by atoms with E-state index in [9.17, 15) is 5.11 Å². The van der Waals surface area contributed by atoms with Crippen LogP contribution in [0.4, 0.5) is 0 Å². The van der Waals surface area contributed by atoms with E-state index in [1.807, 2.05) is 12.1 Å². The number of aliphatic hydroxyl groups is 1. The third kappa shape index (κ3) is 6.31. The Morgan fingerprint density at radius 1 is 1.09 bits per heavy atom. The van der Waals surface area contributed by atoms with Crippen LogP contribution in [0.15, 0.2) is 42.5 Å². The second-order valence-electron chi connectivity index (χ2n) is 9.15. The van der Waals surface area contributed by atoms with Crippen molar-refractivity contribution in [3.63, 3.8) is 0 Å². The molecule has 6 nitrogen and oxygen atoms in total. The Bertz CT molecular complexity index is 994. The number of H-pyrrole nitrogens is 1. The number of likely N-dealkylation sites (tertiary alicyclic amines) is 1. The third-order valence-electron chi connectivity index (χ3n) is 6.14. The van der Waals surface area contributed by atoms with Crippen molar-refractivity contribution in [1.82, 2.24) is 19.8 Å². The highest BCUT2D eigenvalue weighted by Gasteiger charge is 2.14. The van der Waals surface area contributed by atoms with Crippen LogP contribution >= 0.6 is 0 Å². The van der Waals surface area contributed by atoms with E-state index in [1.54, 1.807) is 0 Å². The van der Waals surface area contributed by atoms with Crippen LogP contribution in [0.3, 0.4) is 0 Å². The summed E-state index contributed by atoms with van der Waals surface area (Å²) >= 11 is 0. The summed E-state index contributed by atoms with van der Waals surface area (Å²) in [6.07, 6.45) is 4.62. The summed E-state index contributed by atoms with van der Waals surface area (Å²) in [5, 5.41) is 10.4. The van der Waals surface area contributed by atoms with Crippen LogP contribution in [0.25, 0.3) is 11.0 Å². The van der Waals surface area contributed by atoms with E-state index in [2.05, 4.69) is 59.1 Å². The molecule has 1 fully saturated rings. The van der Waals surface area contributed by atoms with Gasteiger partial charge >= 0.3 is 0 Å². The predicted octanol–water partition coefficient (Wildman–Crippen LogP) is 4.12. The fraction of sp³-hybridized carbons (Fsp3) is 0.500. The van der Waals surface area contributed by atoms with Crippen molar-refractivity contribution < 1.29 is 9.84 Å². The highest BCUT2D eigenvalue weighted by Crippen LogP contribution is 2.18. The van der Waals surface area contributed by atoms with E-state index in [0.29, 0.717) is 13.2 Å². The minimum absolute atomic E-state index is 0.328. The number of ether oxygens (including phenoxy) is 1. The number of aromatic nitrogens is 2. The lowest BCUT2D eigenvalue weighted by Gasteiger charge is -2.23. The molecule has 1 aliphatic rings. The molecule has 3 aromatic rings. The van der Waals surface area contributed by atoms with Crippen molar-refractivity contribution in [3.8, 4) is 5.75 Å². The number of imidazole rings is 1. The number of aliphatic hydroxyl groups excluding tert-OH is 1. The van der Waals surface area contributed by atoms with Gasteiger partial charge in [-0.2, -0.15) is 0 Å². The van der Waals surface area contributed by atoms with E-state index >= 15 is 0 Å². The number of nitrogens with zero attached hydrogens (tertiary/aromatic N) is 3. The zero-order valence-electron chi connectivity index (χ0n) is 19.4. The van der Waals surface area contributed by atoms with Gasteiger partial charge in [-0.3, -0.25) is 4.90 Å². The molecule has 0 spiro atoms. The van der Waals surface area contributed by atoms with Crippen LogP contribution in [0, 0.1) is 6.92 Å². The minimum Gasteiger partial charge on any atom is -0.491 e. The Balaban J connectivity index is 1.27. The number of hydrogen-bond donors (Lipinski definition) is 2. The Morgan fingerprint density at radius 2 is 1.88 bits per heavy atom. The Morgan fingerprint density at radius 3 is 2.66 bits per heavy atom. The number of para-hydroxylation sites is 1. The lowest BCUT2D eigenvalue weighted by atomic mass is 10.2. The molecule has 4 rings (SSSR count). The number of β-amino-alcohol motifs (C(OH)–C–C–N with tert-alkyl or cyclic N) is 1. The number of benzene rings is 2. The van der Waals surface area contributed by atoms with Crippen molar-refractivity contribution in [3.05, 3.63) is 59.4 Å². The highest BCUT2D eigenvalue weighted by atomic mass is 16.5. The average molecular weight is 437 g/mol. The molecule has 2 N–H and O–H groups in total. The van der Waals surface area contributed by atoms with Gasteiger partial charge in [-0.05, 0) is 69.2 Å². The maximum absolute atomic E-state index is 10.4. The molecule has 1 aromatic heterocycles. The molecule has 0 amide bonds. The Hall–Kier alpha value is -2.41. The molecule has 0 aliphatic carbocycles. The summed E-state index contributed by atoms with van der Waals surface area (Å²) in [6.45, 7) is 6.82. The first-order chi connectivity index (χ1) is 15.6. The van der Waals surface area contributed by atoms with Gasteiger partial charge in [0.25, 0.3) is 0 Å². The van der Waals surface area contributed by atoms with Gasteiger partial charge in [-0.1, -0.05) is 37.1 Å².